The summed E-state index contributed by atoms with van der Waals surface area (Å²) < 4.78 is 34.2. The summed E-state index contributed by atoms with van der Waals surface area (Å²) >= 11 is 0. The molecule has 0 spiro atoms. The molecule has 1 fully saturated rings. The monoisotopic (exact) mass is 393 g/mol. The number of benzene rings is 1. The number of alkyl halides is 2. The normalized spacial score (nSPS) is 15.8. The van der Waals surface area contributed by atoms with E-state index in [-0.39, 0.29) is 11.7 Å². The topological polar surface area (TPSA) is 67.6 Å². The number of likely N-dealkylation sites (tertiary alicyclic amines) is 1. The highest BCUT2D eigenvalue weighted by Crippen LogP contribution is 2.20. The van der Waals surface area contributed by atoms with E-state index < -0.39 is 6.61 Å². The van der Waals surface area contributed by atoms with E-state index in [9.17, 15) is 13.6 Å². The van der Waals surface area contributed by atoms with Gasteiger partial charge in [0.2, 0.25) is 5.89 Å². The summed E-state index contributed by atoms with van der Waals surface area (Å²) in [5, 5.41) is 2.93. The fourth-order valence-electron chi connectivity index (χ4n) is 3.27. The minimum Gasteiger partial charge on any atom is -0.444 e. The van der Waals surface area contributed by atoms with Gasteiger partial charge in [0.25, 0.3) is 5.91 Å². The third kappa shape index (κ3) is 5.51. The van der Waals surface area contributed by atoms with Crippen molar-refractivity contribution in [1.29, 1.82) is 0 Å². The average molecular weight is 393 g/mol. The number of oxazole rings is 1. The molecule has 2 aromatic rings. The third-order valence-electron chi connectivity index (χ3n) is 5.03. The molecule has 0 aliphatic carbocycles. The Morgan fingerprint density at radius 2 is 1.96 bits per heavy atom. The summed E-state index contributed by atoms with van der Waals surface area (Å²) in [7, 11) is 0. The van der Waals surface area contributed by atoms with Gasteiger partial charge < -0.3 is 14.5 Å². The molecule has 1 saturated heterocycles. The van der Waals surface area contributed by atoms with Gasteiger partial charge in [-0.3, -0.25) is 9.69 Å². The smallest absolute Gasteiger partial charge is 0.387 e. The van der Waals surface area contributed by atoms with Crippen molar-refractivity contribution < 1.29 is 22.7 Å². The third-order valence-corrected chi connectivity index (χ3v) is 5.03. The fourth-order valence-corrected chi connectivity index (χ4v) is 3.27. The van der Waals surface area contributed by atoms with E-state index in [4.69, 9.17) is 4.42 Å². The van der Waals surface area contributed by atoms with Crippen LogP contribution in [0.3, 0.4) is 0 Å². The zero-order valence-electron chi connectivity index (χ0n) is 16.1. The highest BCUT2D eigenvalue weighted by atomic mass is 19.3. The SMILES string of the molecule is Cc1nc(CN2CCC(CNC(=O)c3ccc(OC(F)F)cc3)CC2)oc1C. The molecule has 28 heavy (non-hydrogen) atoms. The van der Waals surface area contributed by atoms with Crippen LogP contribution in [0.5, 0.6) is 5.75 Å². The van der Waals surface area contributed by atoms with E-state index >= 15 is 0 Å². The van der Waals surface area contributed by atoms with Crippen LogP contribution in [-0.4, -0.2) is 42.0 Å². The lowest BCUT2D eigenvalue weighted by atomic mass is 9.96. The molecule has 0 radical (unpaired) electrons. The number of piperidine rings is 1. The molecule has 8 heteroatoms. The minimum atomic E-state index is -2.87. The van der Waals surface area contributed by atoms with Crippen LogP contribution in [0.15, 0.2) is 28.7 Å². The van der Waals surface area contributed by atoms with Crippen molar-refractivity contribution in [3.63, 3.8) is 0 Å². The molecule has 0 bridgehead atoms. The number of halogens is 2. The molecular formula is C20H25F2N3O3. The first-order valence-corrected chi connectivity index (χ1v) is 9.39. The molecular weight excluding hydrogens is 368 g/mol. The number of rotatable bonds is 7. The van der Waals surface area contributed by atoms with Gasteiger partial charge in [-0.2, -0.15) is 8.78 Å². The number of hydrogen-bond acceptors (Lipinski definition) is 5. The van der Waals surface area contributed by atoms with Gasteiger partial charge in [-0.15, -0.1) is 0 Å². The molecule has 6 nitrogen and oxygen atoms in total. The van der Waals surface area contributed by atoms with Crippen molar-refractivity contribution in [2.75, 3.05) is 19.6 Å². The molecule has 1 aliphatic heterocycles. The maximum absolute atomic E-state index is 12.2. The Kier molecular flexibility index (Phi) is 6.61. The van der Waals surface area contributed by atoms with E-state index in [1.54, 1.807) is 0 Å². The van der Waals surface area contributed by atoms with Crippen molar-refractivity contribution in [3.8, 4) is 5.75 Å². The highest BCUT2D eigenvalue weighted by Gasteiger charge is 2.21. The molecule has 152 valence electrons. The largest absolute Gasteiger partial charge is 0.444 e. The first-order chi connectivity index (χ1) is 13.4. The Morgan fingerprint density at radius 1 is 1.29 bits per heavy atom. The summed E-state index contributed by atoms with van der Waals surface area (Å²) in [5.74, 6) is 1.85. The molecule has 1 amide bonds. The second-order valence-corrected chi connectivity index (χ2v) is 7.08. The second-order valence-electron chi connectivity index (χ2n) is 7.08. The van der Waals surface area contributed by atoms with E-state index in [2.05, 4.69) is 19.9 Å². The Hall–Kier alpha value is -2.48. The summed E-state index contributed by atoms with van der Waals surface area (Å²) in [6.45, 7) is 4.15. The number of nitrogens with zero attached hydrogens (tertiary/aromatic N) is 2. The highest BCUT2D eigenvalue weighted by molar-refractivity contribution is 5.94. The lowest BCUT2D eigenvalue weighted by Gasteiger charge is -2.31. The number of aromatic nitrogens is 1. The Balaban J connectivity index is 1.40. The fraction of sp³-hybridized carbons (Fsp3) is 0.500. The molecule has 1 N–H and O–H groups in total. The minimum absolute atomic E-state index is 0.0374. The van der Waals surface area contributed by atoms with Crippen LogP contribution in [0.2, 0.25) is 0 Å². The van der Waals surface area contributed by atoms with Crippen molar-refractivity contribution in [3.05, 3.63) is 47.2 Å². The van der Waals surface area contributed by atoms with Gasteiger partial charge in [-0.25, -0.2) is 4.98 Å². The molecule has 1 aromatic heterocycles. The van der Waals surface area contributed by atoms with E-state index in [0.29, 0.717) is 24.6 Å². The van der Waals surface area contributed by atoms with Gasteiger partial charge in [0.15, 0.2) is 0 Å². The summed E-state index contributed by atoms with van der Waals surface area (Å²) in [6, 6.07) is 5.70. The number of carbonyl (C=O) groups is 1. The summed E-state index contributed by atoms with van der Waals surface area (Å²) in [4.78, 5) is 19.0. The predicted octanol–water partition coefficient (Wildman–Crippen LogP) is 3.53. The molecule has 3 rings (SSSR count). The summed E-state index contributed by atoms with van der Waals surface area (Å²) in [6.07, 6.45) is 1.97. The second kappa shape index (κ2) is 9.14. The number of aryl methyl sites for hydroxylation is 2. The van der Waals surface area contributed by atoms with E-state index in [1.165, 1.54) is 24.3 Å². The first-order valence-electron chi connectivity index (χ1n) is 9.39. The quantitative estimate of drug-likeness (QED) is 0.779. The predicted molar refractivity (Wildman–Crippen MR) is 99.4 cm³/mol. The summed E-state index contributed by atoms with van der Waals surface area (Å²) in [5.41, 5.74) is 1.36. The average Bonchev–Trinajstić information content (AvgIpc) is 2.98. The van der Waals surface area contributed by atoms with Crippen molar-refractivity contribution in [1.82, 2.24) is 15.2 Å². The van der Waals surface area contributed by atoms with E-state index in [0.717, 1.165) is 43.3 Å². The molecule has 0 unspecified atom stereocenters. The Labute approximate surface area is 162 Å². The van der Waals surface area contributed by atoms with E-state index in [1.807, 2.05) is 13.8 Å². The number of nitrogens with one attached hydrogen (secondary N) is 1. The molecule has 0 atom stereocenters. The number of ether oxygens (including phenoxy) is 1. The first kappa shape index (κ1) is 20.3. The molecule has 2 heterocycles. The van der Waals surface area contributed by atoms with Gasteiger partial charge in [0.1, 0.15) is 11.5 Å². The van der Waals surface area contributed by atoms with Gasteiger partial charge in [-0.05, 0) is 70.0 Å². The van der Waals surface area contributed by atoms with Crippen molar-refractivity contribution in [2.24, 2.45) is 5.92 Å². The Bertz CT molecular complexity index is 765. The van der Waals surface area contributed by atoms with Crippen LogP contribution >= 0.6 is 0 Å². The van der Waals surface area contributed by atoms with Gasteiger partial charge in [0, 0.05) is 12.1 Å². The number of amides is 1. The van der Waals surface area contributed by atoms with Crippen molar-refractivity contribution in [2.45, 2.75) is 39.8 Å². The van der Waals surface area contributed by atoms with Crippen molar-refractivity contribution >= 4 is 5.91 Å². The lowest BCUT2D eigenvalue weighted by molar-refractivity contribution is -0.0498. The molecule has 1 aromatic carbocycles. The van der Waals surface area contributed by atoms with Gasteiger partial charge in [-0.1, -0.05) is 0 Å². The number of carbonyl (C=O) groups excluding carboxylic acids is 1. The van der Waals surface area contributed by atoms with Crippen LogP contribution in [0.25, 0.3) is 0 Å². The van der Waals surface area contributed by atoms with Crippen LogP contribution in [0.4, 0.5) is 8.78 Å². The van der Waals surface area contributed by atoms with Crippen LogP contribution in [0, 0.1) is 19.8 Å². The maximum Gasteiger partial charge on any atom is 0.387 e. The standard InChI is InChI=1S/C20H25F2N3O3/c1-13-14(2)27-18(24-13)12-25-9-7-15(8-10-25)11-23-19(26)16-3-5-17(6-4-16)28-20(21)22/h3-6,15,20H,7-12H2,1-2H3,(H,23,26). The zero-order chi connectivity index (χ0) is 20.1. The maximum atomic E-state index is 12.2. The Morgan fingerprint density at radius 3 is 2.54 bits per heavy atom. The van der Waals surface area contributed by atoms with Gasteiger partial charge >= 0.3 is 6.61 Å². The van der Waals surface area contributed by atoms with Crippen LogP contribution in [0.1, 0.15) is 40.5 Å². The number of hydrogen-bond donors (Lipinski definition) is 1. The molecule has 1 aliphatic rings. The van der Waals surface area contributed by atoms with Crippen LogP contribution < -0.4 is 10.1 Å². The van der Waals surface area contributed by atoms with Crippen LogP contribution in [-0.2, 0) is 6.54 Å². The lowest BCUT2D eigenvalue weighted by Crippen LogP contribution is -2.38. The zero-order valence-corrected chi connectivity index (χ0v) is 16.1. The molecule has 0 saturated carbocycles. The van der Waals surface area contributed by atoms with Gasteiger partial charge in [0.05, 0.1) is 12.2 Å².